The standard InChI is InChI=1S/C13H15NS/c1-10-8-9-12(15-10)13(14-2)11-6-4-3-5-7-11/h3-9,13-14H,1-2H3. The molecule has 0 spiro atoms. The third-order valence-electron chi connectivity index (χ3n) is 2.47. The average molecular weight is 217 g/mol. The van der Waals surface area contributed by atoms with Gasteiger partial charge in [-0.3, -0.25) is 0 Å². The van der Waals surface area contributed by atoms with Gasteiger partial charge in [0.15, 0.2) is 0 Å². The Morgan fingerprint density at radius 3 is 2.33 bits per heavy atom. The summed E-state index contributed by atoms with van der Waals surface area (Å²) in [4.78, 5) is 2.74. The van der Waals surface area contributed by atoms with Crippen molar-refractivity contribution < 1.29 is 0 Å². The van der Waals surface area contributed by atoms with Crippen LogP contribution in [-0.4, -0.2) is 7.05 Å². The van der Waals surface area contributed by atoms with Crippen molar-refractivity contribution in [2.24, 2.45) is 0 Å². The van der Waals surface area contributed by atoms with Crippen LogP contribution in [0.3, 0.4) is 0 Å². The zero-order valence-corrected chi connectivity index (χ0v) is 9.84. The van der Waals surface area contributed by atoms with Crippen LogP contribution in [-0.2, 0) is 0 Å². The van der Waals surface area contributed by atoms with Crippen molar-refractivity contribution in [3.05, 3.63) is 57.8 Å². The molecule has 0 radical (unpaired) electrons. The molecule has 1 nitrogen and oxygen atoms in total. The quantitative estimate of drug-likeness (QED) is 0.831. The monoisotopic (exact) mass is 217 g/mol. The predicted molar refractivity (Wildman–Crippen MR) is 66.4 cm³/mol. The van der Waals surface area contributed by atoms with E-state index in [-0.39, 0.29) is 0 Å². The minimum Gasteiger partial charge on any atom is -0.309 e. The smallest absolute Gasteiger partial charge is 0.0668 e. The summed E-state index contributed by atoms with van der Waals surface area (Å²) in [6.45, 7) is 2.14. The Bertz CT molecular complexity index is 419. The van der Waals surface area contributed by atoms with Gasteiger partial charge in [0, 0.05) is 9.75 Å². The Labute approximate surface area is 94.8 Å². The number of hydrogen-bond acceptors (Lipinski definition) is 2. The largest absolute Gasteiger partial charge is 0.309 e. The molecule has 0 aliphatic carbocycles. The van der Waals surface area contributed by atoms with E-state index in [4.69, 9.17) is 0 Å². The van der Waals surface area contributed by atoms with Gasteiger partial charge in [-0.2, -0.15) is 0 Å². The summed E-state index contributed by atoms with van der Waals surface area (Å²) in [6.07, 6.45) is 0. The van der Waals surface area contributed by atoms with Crippen LogP contribution in [0.4, 0.5) is 0 Å². The molecule has 78 valence electrons. The lowest BCUT2D eigenvalue weighted by Gasteiger charge is -2.14. The van der Waals surface area contributed by atoms with E-state index in [0.29, 0.717) is 6.04 Å². The van der Waals surface area contributed by atoms with Gasteiger partial charge in [0.25, 0.3) is 0 Å². The number of rotatable bonds is 3. The van der Waals surface area contributed by atoms with Crippen LogP contribution < -0.4 is 5.32 Å². The predicted octanol–water partition coefficient (Wildman–Crippen LogP) is 3.37. The Balaban J connectivity index is 2.33. The number of thiophene rings is 1. The Kier molecular flexibility index (Phi) is 3.19. The van der Waals surface area contributed by atoms with Crippen LogP contribution >= 0.6 is 11.3 Å². The summed E-state index contributed by atoms with van der Waals surface area (Å²) in [7, 11) is 2.01. The first-order valence-electron chi connectivity index (χ1n) is 5.10. The highest BCUT2D eigenvalue weighted by Crippen LogP contribution is 2.27. The molecule has 1 N–H and O–H groups in total. The molecule has 1 atom stereocenters. The van der Waals surface area contributed by atoms with Gasteiger partial charge in [0.2, 0.25) is 0 Å². The van der Waals surface area contributed by atoms with Gasteiger partial charge in [-0.15, -0.1) is 11.3 Å². The van der Waals surface area contributed by atoms with E-state index < -0.39 is 0 Å². The van der Waals surface area contributed by atoms with Crippen LogP contribution in [0.2, 0.25) is 0 Å². The van der Waals surface area contributed by atoms with Crippen LogP contribution in [0.25, 0.3) is 0 Å². The second-order valence-corrected chi connectivity index (χ2v) is 4.90. The number of nitrogens with one attached hydrogen (secondary N) is 1. The first kappa shape index (κ1) is 10.4. The summed E-state index contributed by atoms with van der Waals surface area (Å²) in [5.41, 5.74) is 1.32. The number of benzene rings is 1. The Hall–Kier alpha value is -1.12. The fraction of sp³-hybridized carbons (Fsp3) is 0.231. The van der Waals surface area contributed by atoms with Gasteiger partial charge in [0.1, 0.15) is 0 Å². The summed E-state index contributed by atoms with van der Waals surface area (Å²) in [5.74, 6) is 0. The topological polar surface area (TPSA) is 12.0 Å². The molecule has 0 amide bonds. The second kappa shape index (κ2) is 4.60. The maximum absolute atomic E-state index is 3.36. The van der Waals surface area contributed by atoms with E-state index in [2.05, 4.69) is 54.7 Å². The normalized spacial score (nSPS) is 12.7. The fourth-order valence-corrected chi connectivity index (χ4v) is 2.74. The molecule has 2 aromatic rings. The lowest BCUT2D eigenvalue weighted by Crippen LogP contribution is -2.16. The minimum atomic E-state index is 0.324. The summed E-state index contributed by atoms with van der Waals surface area (Å²) >= 11 is 1.85. The van der Waals surface area contributed by atoms with Crippen molar-refractivity contribution in [3.8, 4) is 0 Å². The van der Waals surface area contributed by atoms with E-state index in [0.717, 1.165) is 0 Å². The molecule has 1 unspecified atom stereocenters. The molecule has 0 aliphatic heterocycles. The van der Waals surface area contributed by atoms with Crippen LogP contribution in [0.5, 0.6) is 0 Å². The average Bonchev–Trinajstić information content (AvgIpc) is 2.68. The van der Waals surface area contributed by atoms with E-state index in [9.17, 15) is 0 Å². The van der Waals surface area contributed by atoms with Gasteiger partial charge >= 0.3 is 0 Å². The minimum absolute atomic E-state index is 0.324. The van der Waals surface area contributed by atoms with Gasteiger partial charge in [-0.05, 0) is 31.7 Å². The lowest BCUT2D eigenvalue weighted by atomic mass is 10.1. The van der Waals surface area contributed by atoms with E-state index in [1.165, 1.54) is 15.3 Å². The SMILES string of the molecule is CNC(c1ccccc1)c1ccc(C)s1. The molecule has 1 aromatic heterocycles. The third-order valence-corrected chi connectivity index (χ3v) is 3.53. The second-order valence-electron chi connectivity index (χ2n) is 3.58. The molecule has 1 heterocycles. The zero-order valence-electron chi connectivity index (χ0n) is 9.03. The molecule has 0 saturated carbocycles. The molecule has 0 aliphatic rings. The number of hydrogen-bond donors (Lipinski definition) is 1. The molecular formula is C13H15NS. The van der Waals surface area contributed by atoms with E-state index >= 15 is 0 Å². The van der Waals surface area contributed by atoms with Crippen molar-refractivity contribution in [2.45, 2.75) is 13.0 Å². The zero-order chi connectivity index (χ0) is 10.7. The van der Waals surface area contributed by atoms with Gasteiger partial charge < -0.3 is 5.32 Å². The molecule has 1 aromatic carbocycles. The van der Waals surface area contributed by atoms with Crippen molar-refractivity contribution in [1.29, 1.82) is 0 Å². The van der Waals surface area contributed by atoms with Crippen LogP contribution in [0.1, 0.15) is 21.4 Å². The molecule has 2 rings (SSSR count). The van der Waals surface area contributed by atoms with Crippen molar-refractivity contribution in [1.82, 2.24) is 5.32 Å². The van der Waals surface area contributed by atoms with E-state index in [1.807, 2.05) is 18.4 Å². The van der Waals surface area contributed by atoms with E-state index in [1.54, 1.807) is 0 Å². The molecule has 0 fully saturated rings. The maximum Gasteiger partial charge on any atom is 0.0668 e. The van der Waals surface area contributed by atoms with Crippen molar-refractivity contribution in [2.75, 3.05) is 7.05 Å². The van der Waals surface area contributed by atoms with Crippen molar-refractivity contribution >= 4 is 11.3 Å². The molecule has 0 saturated heterocycles. The first-order chi connectivity index (χ1) is 7.31. The molecular weight excluding hydrogens is 202 g/mol. The molecule has 0 bridgehead atoms. The summed E-state index contributed by atoms with van der Waals surface area (Å²) in [5, 5.41) is 3.36. The Morgan fingerprint density at radius 2 is 1.80 bits per heavy atom. The third kappa shape index (κ3) is 2.28. The van der Waals surface area contributed by atoms with Crippen molar-refractivity contribution in [3.63, 3.8) is 0 Å². The van der Waals surface area contributed by atoms with Gasteiger partial charge in [0.05, 0.1) is 6.04 Å². The first-order valence-corrected chi connectivity index (χ1v) is 5.91. The maximum atomic E-state index is 3.36. The highest BCUT2D eigenvalue weighted by atomic mass is 32.1. The van der Waals surface area contributed by atoms with Gasteiger partial charge in [-0.25, -0.2) is 0 Å². The van der Waals surface area contributed by atoms with Gasteiger partial charge in [-0.1, -0.05) is 30.3 Å². The molecule has 2 heteroatoms. The number of aryl methyl sites for hydroxylation is 1. The molecule has 15 heavy (non-hydrogen) atoms. The summed E-state index contributed by atoms with van der Waals surface area (Å²) < 4.78 is 0. The highest BCUT2D eigenvalue weighted by Gasteiger charge is 2.12. The van der Waals surface area contributed by atoms with Crippen LogP contribution in [0.15, 0.2) is 42.5 Å². The lowest BCUT2D eigenvalue weighted by molar-refractivity contribution is 0.704. The highest BCUT2D eigenvalue weighted by molar-refractivity contribution is 7.12. The fourth-order valence-electron chi connectivity index (χ4n) is 1.73. The van der Waals surface area contributed by atoms with Crippen LogP contribution in [0, 0.1) is 6.92 Å². The Morgan fingerprint density at radius 1 is 1.07 bits per heavy atom. The summed E-state index contributed by atoms with van der Waals surface area (Å²) in [6, 6.07) is 15.2.